The molecule has 0 fully saturated rings. The van der Waals surface area contributed by atoms with Gasteiger partial charge in [-0.3, -0.25) is 0 Å². The van der Waals surface area contributed by atoms with Crippen molar-refractivity contribution in [3.8, 4) is 5.75 Å². The maximum absolute atomic E-state index is 10.7. The molecule has 0 aliphatic heterocycles. The van der Waals surface area contributed by atoms with Crippen LogP contribution in [0.2, 0.25) is 0 Å². The molecule has 5 heteroatoms. The lowest BCUT2D eigenvalue weighted by atomic mass is 10.0. The molecular weight excluding hydrogens is 342 g/mol. The Morgan fingerprint density at radius 2 is 1.63 bits per heavy atom. The van der Waals surface area contributed by atoms with E-state index in [1.165, 1.54) is 44.1 Å². The summed E-state index contributed by atoms with van der Waals surface area (Å²) in [6, 6.07) is 8.32. The number of aliphatic carboxylic acids is 1. The number of unbranched alkanes of at least 4 members (excludes halogenated alkanes) is 5. The predicted octanol–water partition coefficient (Wildman–Crippen LogP) is 2.81. The van der Waals surface area contributed by atoms with Crippen molar-refractivity contribution in [2.24, 2.45) is 0 Å². The number of likely N-dealkylation sites (N-methyl/N-ethyl adjacent to an activating group) is 1. The van der Waals surface area contributed by atoms with Crippen LogP contribution in [0.25, 0.3) is 0 Å². The van der Waals surface area contributed by atoms with Crippen molar-refractivity contribution in [3.63, 3.8) is 0 Å². The number of nitrogens with zero attached hydrogens (tertiary/aromatic N) is 1. The van der Waals surface area contributed by atoms with Gasteiger partial charge in [0.15, 0.2) is 0 Å². The van der Waals surface area contributed by atoms with E-state index in [-0.39, 0.29) is 6.54 Å². The molecule has 0 atom stereocenters. The molecule has 0 N–H and O–H groups in total. The van der Waals surface area contributed by atoms with E-state index >= 15 is 0 Å². The quantitative estimate of drug-likeness (QED) is 0.327. The van der Waals surface area contributed by atoms with E-state index in [2.05, 4.69) is 19.1 Å². The van der Waals surface area contributed by atoms with Crippen LogP contribution in [0.3, 0.4) is 0 Å². The largest absolute Gasteiger partial charge is 0.544 e. The van der Waals surface area contributed by atoms with E-state index in [0.29, 0.717) is 30.8 Å². The minimum Gasteiger partial charge on any atom is -0.544 e. The molecule has 0 aliphatic rings. The molecule has 0 radical (unpaired) electrons. The second-order valence-electron chi connectivity index (χ2n) is 7.81. The zero-order chi connectivity index (χ0) is 20.0. The maximum atomic E-state index is 10.7. The van der Waals surface area contributed by atoms with E-state index in [4.69, 9.17) is 9.47 Å². The Morgan fingerprint density at radius 1 is 0.963 bits per heavy atom. The average Bonchev–Trinajstić information content (AvgIpc) is 2.61. The Kier molecular flexibility index (Phi) is 11.8. The fourth-order valence-corrected chi connectivity index (χ4v) is 2.92. The SMILES string of the molecule is CCCCCCCCc1ccc(OCCOCC[N+](C)(C)CC(=O)[O-])cc1. The monoisotopic (exact) mass is 379 g/mol. The lowest BCUT2D eigenvalue weighted by Gasteiger charge is -2.29. The van der Waals surface area contributed by atoms with E-state index in [9.17, 15) is 9.90 Å². The number of carboxylic acid groups (broad SMARTS) is 1. The van der Waals surface area contributed by atoms with Crippen molar-refractivity contribution in [3.05, 3.63) is 29.8 Å². The highest BCUT2D eigenvalue weighted by Crippen LogP contribution is 2.15. The number of ether oxygens (including phenoxy) is 2. The summed E-state index contributed by atoms with van der Waals surface area (Å²) in [5.41, 5.74) is 1.36. The van der Waals surface area contributed by atoms with Crippen LogP contribution in [0.1, 0.15) is 51.0 Å². The van der Waals surface area contributed by atoms with Crippen LogP contribution < -0.4 is 9.84 Å². The number of hydrogen-bond acceptors (Lipinski definition) is 4. The third-order valence-corrected chi connectivity index (χ3v) is 4.64. The van der Waals surface area contributed by atoms with Gasteiger partial charge in [-0.2, -0.15) is 0 Å². The van der Waals surface area contributed by atoms with Crippen LogP contribution in [0.5, 0.6) is 5.75 Å². The van der Waals surface area contributed by atoms with Crippen molar-refractivity contribution in [1.82, 2.24) is 0 Å². The van der Waals surface area contributed by atoms with Crippen molar-refractivity contribution in [1.29, 1.82) is 0 Å². The lowest BCUT2D eigenvalue weighted by Crippen LogP contribution is -2.49. The van der Waals surface area contributed by atoms with Crippen molar-refractivity contribution >= 4 is 5.97 Å². The van der Waals surface area contributed by atoms with E-state index in [0.717, 1.165) is 12.2 Å². The first-order chi connectivity index (χ1) is 12.9. The highest BCUT2D eigenvalue weighted by atomic mass is 16.5. The lowest BCUT2D eigenvalue weighted by molar-refractivity contribution is -0.885. The first kappa shape index (κ1) is 23.4. The molecule has 1 aromatic rings. The van der Waals surface area contributed by atoms with Crippen LogP contribution >= 0.6 is 0 Å². The number of hydrogen-bond donors (Lipinski definition) is 0. The summed E-state index contributed by atoms with van der Waals surface area (Å²) in [6.45, 7) is 4.35. The molecule has 0 saturated carbocycles. The Balaban J connectivity index is 2.09. The van der Waals surface area contributed by atoms with Gasteiger partial charge in [-0.1, -0.05) is 51.2 Å². The van der Waals surface area contributed by atoms with Crippen molar-refractivity contribution < 1.29 is 23.9 Å². The molecule has 0 heterocycles. The summed E-state index contributed by atoms with van der Waals surface area (Å²) in [4.78, 5) is 10.7. The normalized spacial score (nSPS) is 11.5. The van der Waals surface area contributed by atoms with Gasteiger partial charge in [-0.15, -0.1) is 0 Å². The first-order valence-electron chi connectivity index (χ1n) is 10.2. The zero-order valence-corrected chi connectivity index (χ0v) is 17.4. The summed E-state index contributed by atoms with van der Waals surface area (Å²) in [5.74, 6) is -0.179. The van der Waals surface area contributed by atoms with Crippen molar-refractivity contribution in [2.45, 2.75) is 51.9 Å². The van der Waals surface area contributed by atoms with Gasteiger partial charge in [0.2, 0.25) is 0 Å². The maximum Gasteiger partial charge on any atom is 0.119 e. The molecule has 1 rings (SSSR count). The standard InChI is InChI=1S/C22H37NO4/c1-4-5-6-7-8-9-10-20-11-13-21(14-12-20)27-18-17-26-16-15-23(2,3)19-22(24)25/h11-14H,4-10,15-19H2,1-3H3. The molecule has 0 spiro atoms. The Hall–Kier alpha value is -1.59. The first-order valence-corrected chi connectivity index (χ1v) is 10.2. The van der Waals surface area contributed by atoms with Gasteiger partial charge < -0.3 is 23.9 Å². The molecule has 0 aliphatic carbocycles. The molecule has 0 amide bonds. The summed E-state index contributed by atoms with van der Waals surface area (Å²) < 4.78 is 11.6. The van der Waals surface area contributed by atoms with Gasteiger partial charge >= 0.3 is 0 Å². The second-order valence-corrected chi connectivity index (χ2v) is 7.81. The highest BCUT2D eigenvalue weighted by molar-refractivity contribution is 5.65. The minimum atomic E-state index is -1.04. The average molecular weight is 380 g/mol. The van der Waals surface area contributed by atoms with Gasteiger partial charge in [0, 0.05) is 0 Å². The van der Waals surface area contributed by atoms with E-state index in [1.807, 2.05) is 26.2 Å². The Morgan fingerprint density at radius 3 is 2.30 bits per heavy atom. The summed E-state index contributed by atoms with van der Waals surface area (Å²) in [5, 5.41) is 10.7. The predicted molar refractivity (Wildman–Crippen MR) is 107 cm³/mol. The number of carbonyl (C=O) groups is 1. The van der Waals surface area contributed by atoms with Crippen molar-refractivity contribution in [2.75, 3.05) is 47.0 Å². The molecular formula is C22H37NO4. The van der Waals surface area contributed by atoms with Gasteiger partial charge in [0.05, 0.1) is 33.3 Å². The number of aryl methyl sites for hydroxylation is 1. The highest BCUT2D eigenvalue weighted by Gasteiger charge is 2.14. The van der Waals surface area contributed by atoms with Gasteiger partial charge in [-0.05, 0) is 30.5 Å². The van der Waals surface area contributed by atoms with Crippen LogP contribution in [0.15, 0.2) is 24.3 Å². The minimum absolute atomic E-state index is 0.00898. The fraction of sp³-hybridized carbons (Fsp3) is 0.682. The second kappa shape index (κ2) is 13.6. The Bertz CT molecular complexity index is 514. The molecule has 0 saturated heterocycles. The topological polar surface area (TPSA) is 58.6 Å². The van der Waals surface area contributed by atoms with Crippen LogP contribution in [0, 0.1) is 0 Å². The number of quaternary nitrogens is 1. The van der Waals surface area contributed by atoms with Gasteiger partial charge in [-0.25, -0.2) is 0 Å². The number of carboxylic acids is 1. The Labute approximate surface area is 164 Å². The van der Waals surface area contributed by atoms with E-state index in [1.54, 1.807) is 0 Å². The van der Waals surface area contributed by atoms with Gasteiger partial charge in [0.25, 0.3) is 0 Å². The molecule has 154 valence electrons. The number of rotatable bonds is 16. The van der Waals surface area contributed by atoms with Crippen LogP contribution in [0.4, 0.5) is 0 Å². The van der Waals surface area contributed by atoms with Crippen LogP contribution in [-0.2, 0) is 16.0 Å². The number of benzene rings is 1. The molecule has 0 bridgehead atoms. The summed E-state index contributed by atoms with van der Waals surface area (Å²) in [7, 11) is 3.70. The fourth-order valence-electron chi connectivity index (χ4n) is 2.92. The molecule has 27 heavy (non-hydrogen) atoms. The summed E-state index contributed by atoms with van der Waals surface area (Å²) in [6.07, 6.45) is 9.06. The molecule has 5 nitrogen and oxygen atoms in total. The van der Waals surface area contributed by atoms with Crippen LogP contribution in [-0.4, -0.2) is 57.5 Å². The zero-order valence-electron chi connectivity index (χ0n) is 17.4. The molecule has 0 unspecified atom stereocenters. The van der Waals surface area contributed by atoms with Gasteiger partial charge in [0.1, 0.15) is 25.4 Å². The third kappa shape index (κ3) is 12.4. The third-order valence-electron chi connectivity index (χ3n) is 4.64. The molecule has 1 aromatic carbocycles. The summed E-state index contributed by atoms with van der Waals surface area (Å²) >= 11 is 0. The molecule has 0 aromatic heterocycles. The number of carbonyl (C=O) groups excluding carboxylic acids is 1. The van der Waals surface area contributed by atoms with E-state index < -0.39 is 5.97 Å². The smallest absolute Gasteiger partial charge is 0.119 e.